The fourth-order valence-corrected chi connectivity index (χ4v) is 23.4. The first-order valence-electron chi connectivity index (χ1n) is 10.1. The third-order valence-electron chi connectivity index (χ3n) is 5.16. The quantitative estimate of drug-likeness (QED) is 0.174. The number of hydrogen-bond acceptors (Lipinski definition) is 2. The summed E-state index contributed by atoms with van der Waals surface area (Å²) in [6, 6.07) is 40.3. The summed E-state index contributed by atoms with van der Waals surface area (Å²) >= 11 is -0.963. The summed E-state index contributed by atoms with van der Waals surface area (Å²) in [5.41, 5.74) is 0.724. The van der Waals surface area contributed by atoms with E-state index in [4.69, 9.17) is 6.42 Å². The number of thioether (sulfide) groups is 1. The van der Waals surface area contributed by atoms with Crippen molar-refractivity contribution in [3.05, 3.63) is 121 Å². The Morgan fingerprint density at radius 1 is 0.750 bits per heavy atom. The Morgan fingerprint density at radius 2 is 1.22 bits per heavy atom. The number of terminal acetylenes is 1. The summed E-state index contributed by atoms with van der Waals surface area (Å²) in [5, 5.41) is 1.46. The van der Waals surface area contributed by atoms with Crippen LogP contribution in [0.4, 0.5) is 0 Å². The zero-order chi connectivity index (χ0) is 22.4. The molecular weight excluding hydrogens is 612 g/mol. The van der Waals surface area contributed by atoms with Crippen molar-refractivity contribution >= 4 is 41.7 Å². The van der Waals surface area contributed by atoms with Crippen molar-refractivity contribution in [3.63, 3.8) is 0 Å². The fourth-order valence-electron chi connectivity index (χ4n) is 3.78. The Labute approximate surface area is 201 Å². The Bertz CT molecular complexity index is 1140. The molecule has 0 heterocycles. The van der Waals surface area contributed by atoms with Gasteiger partial charge in [-0.05, 0) is 0 Å². The van der Waals surface area contributed by atoms with E-state index in [9.17, 15) is 4.79 Å². The number of carbonyl (C=O) groups is 1. The van der Waals surface area contributed by atoms with E-state index in [1.165, 1.54) is 27.7 Å². The minimum absolute atomic E-state index is 0.0737. The third-order valence-corrected chi connectivity index (χ3v) is 24.7. The molecule has 4 aromatic carbocycles. The van der Waals surface area contributed by atoms with Crippen molar-refractivity contribution in [1.29, 1.82) is 0 Å². The summed E-state index contributed by atoms with van der Waals surface area (Å²) in [6.07, 6.45) is 8.24. The van der Waals surface area contributed by atoms with Gasteiger partial charge < -0.3 is 0 Å². The van der Waals surface area contributed by atoms with Gasteiger partial charge in [-0.2, -0.15) is 0 Å². The molecule has 0 N–H and O–H groups in total. The molecule has 1 nitrogen and oxygen atoms in total. The van der Waals surface area contributed by atoms with Crippen molar-refractivity contribution in [2.24, 2.45) is 0 Å². The van der Waals surface area contributed by atoms with Gasteiger partial charge in [0.2, 0.25) is 0 Å². The average Bonchev–Trinajstić information content (AvgIpc) is 2.88. The molecular formula is C28H24AuOPS. The van der Waals surface area contributed by atoms with Crippen molar-refractivity contribution in [2.45, 2.75) is 0 Å². The van der Waals surface area contributed by atoms with E-state index in [1.807, 2.05) is 18.4 Å². The molecule has 164 valence electrons. The predicted octanol–water partition coefficient (Wildman–Crippen LogP) is 4.67. The Kier molecular flexibility index (Phi) is 7.48. The maximum absolute atomic E-state index is 12.5. The van der Waals surface area contributed by atoms with E-state index in [2.05, 4.69) is 107 Å². The van der Waals surface area contributed by atoms with Gasteiger partial charge in [0.1, 0.15) is 0 Å². The van der Waals surface area contributed by atoms with Crippen molar-refractivity contribution < 1.29 is 22.7 Å². The molecule has 4 aromatic rings. The molecule has 0 aliphatic rings. The molecule has 0 saturated heterocycles. The minimum atomic E-state index is -2.57. The standard InChI is InChI=1S/C18H15P.C8H7OS.C2H.Au/c1-4-10-16(11-5-1)19(17-12-6-2-7-13-17)18-14-8-3-9-15-18;1-10-8(9)7-5-3-2-4-6-7;1-2;/h1-15H;2-3,5-6H,1H3;1H;/q;;;-1/p+1. The second-order valence-corrected chi connectivity index (χ2v) is 21.5. The van der Waals surface area contributed by atoms with E-state index in [0.29, 0.717) is 0 Å². The molecule has 4 rings (SSSR count). The summed E-state index contributed by atoms with van der Waals surface area (Å²) < 4.78 is 4.49. The van der Waals surface area contributed by atoms with Crippen LogP contribution in [0.25, 0.3) is 0 Å². The number of carbonyl (C=O) groups excluding carboxylic acids is 1. The molecule has 0 saturated carbocycles. The molecule has 4 heteroatoms. The molecule has 0 spiro atoms. The Hall–Kier alpha value is -2.37. The van der Waals surface area contributed by atoms with Crippen molar-refractivity contribution in [3.8, 4) is 10.6 Å². The molecule has 0 radical (unpaired) electrons. The van der Waals surface area contributed by atoms with Gasteiger partial charge >= 0.3 is 202 Å². The van der Waals surface area contributed by atoms with Crippen LogP contribution >= 0.6 is 16.9 Å². The van der Waals surface area contributed by atoms with E-state index < -0.39 is 23.1 Å². The van der Waals surface area contributed by atoms with Crippen LogP contribution in [0.3, 0.4) is 0 Å². The number of benzene rings is 4. The van der Waals surface area contributed by atoms with Gasteiger partial charge in [-0.1, -0.05) is 0 Å². The van der Waals surface area contributed by atoms with Gasteiger partial charge in [-0.25, -0.2) is 0 Å². The maximum atomic E-state index is 12.5. The van der Waals surface area contributed by atoms with E-state index in [-0.39, 0.29) is 5.12 Å². The predicted molar refractivity (Wildman–Crippen MR) is 139 cm³/mol. The zero-order valence-corrected chi connectivity index (χ0v) is 21.6. The monoisotopic (exact) mass is 636 g/mol. The molecule has 0 bridgehead atoms. The van der Waals surface area contributed by atoms with E-state index >= 15 is 0 Å². The van der Waals surface area contributed by atoms with Crippen LogP contribution in [0.5, 0.6) is 0 Å². The first-order valence-corrected chi connectivity index (χ1v) is 18.6. The topological polar surface area (TPSA) is 17.1 Å². The van der Waals surface area contributed by atoms with Gasteiger partial charge in [0.05, 0.1) is 0 Å². The van der Waals surface area contributed by atoms with Gasteiger partial charge in [0.15, 0.2) is 0 Å². The van der Waals surface area contributed by atoms with Crippen LogP contribution < -0.4 is 19.7 Å². The molecule has 0 atom stereocenters. The van der Waals surface area contributed by atoms with Crippen LogP contribution in [-0.2, 0) is 17.9 Å². The van der Waals surface area contributed by atoms with E-state index in [0.717, 1.165) is 9.34 Å². The normalized spacial score (nSPS) is 11.9. The molecule has 0 unspecified atom stereocenters. The van der Waals surface area contributed by atoms with Crippen LogP contribution in [0.15, 0.2) is 115 Å². The SMILES string of the molecule is C#[C][Au]([c]1cccc(C(=O)SC)c1)[PH](c1ccccc1)(c1ccccc1)c1ccccc1. The zero-order valence-electron chi connectivity index (χ0n) is 17.7. The van der Waals surface area contributed by atoms with Crippen molar-refractivity contribution in [2.75, 3.05) is 6.26 Å². The van der Waals surface area contributed by atoms with Crippen molar-refractivity contribution in [1.82, 2.24) is 0 Å². The molecule has 0 aliphatic carbocycles. The summed E-state index contributed by atoms with van der Waals surface area (Å²) in [6.45, 7) is 0. The second kappa shape index (κ2) is 10.5. The van der Waals surface area contributed by atoms with Gasteiger partial charge in [0, 0.05) is 0 Å². The second-order valence-electron chi connectivity index (χ2n) is 6.97. The molecule has 0 amide bonds. The van der Waals surface area contributed by atoms with Crippen LogP contribution in [-0.4, -0.2) is 11.4 Å². The first kappa shape index (κ1) is 22.8. The van der Waals surface area contributed by atoms with Crippen LogP contribution in [0, 0.1) is 10.6 Å². The third kappa shape index (κ3) is 4.28. The molecule has 0 aromatic heterocycles. The molecule has 0 fully saturated rings. The number of rotatable bonds is 6. The summed E-state index contributed by atoms with van der Waals surface area (Å²) in [7, 11) is 0. The summed E-state index contributed by atoms with van der Waals surface area (Å²) in [4.78, 5) is 12.5. The van der Waals surface area contributed by atoms with Crippen LogP contribution in [0.1, 0.15) is 10.4 Å². The Morgan fingerprint density at radius 3 is 1.62 bits per heavy atom. The molecule has 0 aliphatic heterocycles. The fraction of sp³-hybridized carbons (Fsp3) is 0.0357. The number of hydrogen-bond donors (Lipinski definition) is 0. The first-order chi connectivity index (χ1) is 15.7. The summed E-state index contributed by atoms with van der Waals surface area (Å²) in [5.74, 6) is 0. The van der Waals surface area contributed by atoms with Gasteiger partial charge in [-0.15, -0.1) is 0 Å². The van der Waals surface area contributed by atoms with Gasteiger partial charge in [-0.3, -0.25) is 0 Å². The average molecular weight is 637 g/mol. The van der Waals surface area contributed by atoms with Gasteiger partial charge in [0.25, 0.3) is 0 Å². The van der Waals surface area contributed by atoms with Crippen LogP contribution in [0.2, 0.25) is 0 Å². The van der Waals surface area contributed by atoms with E-state index in [1.54, 1.807) is 0 Å². The Balaban J connectivity index is 2.07. The molecule has 32 heavy (non-hydrogen) atoms.